The van der Waals surface area contributed by atoms with Crippen LogP contribution in [0.2, 0.25) is 5.04 Å². The summed E-state index contributed by atoms with van der Waals surface area (Å²) in [5, 5.41) is 0.126. The average molecular weight is 260 g/mol. The molecule has 2 nitrogen and oxygen atoms in total. The molecule has 0 unspecified atom stereocenters. The molecule has 17 heavy (non-hydrogen) atoms. The molecule has 0 heterocycles. The number of hydrogen-bond donors (Lipinski definition) is 0. The minimum absolute atomic E-state index is 0.116. The molecule has 0 aromatic rings. The van der Waals surface area contributed by atoms with Crippen LogP contribution in [0.3, 0.4) is 0 Å². The molecule has 0 aromatic heterocycles. The Balaban J connectivity index is 0. The summed E-state index contributed by atoms with van der Waals surface area (Å²) in [7, 11) is -1.67. The molecule has 0 saturated carbocycles. The molecule has 0 amide bonds. The first kappa shape index (κ1) is 19.2. The van der Waals surface area contributed by atoms with Gasteiger partial charge >= 0.3 is 9.28 Å². The van der Waals surface area contributed by atoms with Gasteiger partial charge in [0.1, 0.15) is 0 Å². The topological polar surface area (TPSA) is 18.5 Å². The molecule has 0 fully saturated rings. The Labute approximate surface area is 110 Å². The maximum Gasteiger partial charge on any atom is 0.327 e. The van der Waals surface area contributed by atoms with Crippen molar-refractivity contribution in [2.45, 2.75) is 78.6 Å². The summed E-state index contributed by atoms with van der Waals surface area (Å²) in [5.41, 5.74) is -0.231. The third kappa shape index (κ3) is 12.1. The summed E-state index contributed by atoms with van der Waals surface area (Å²) in [4.78, 5) is 0. The van der Waals surface area contributed by atoms with Gasteiger partial charge in [0.25, 0.3) is 0 Å². The fourth-order valence-electron chi connectivity index (χ4n) is 1.02. The first-order valence-corrected chi connectivity index (χ1v) is 7.69. The van der Waals surface area contributed by atoms with Crippen molar-refractivity contribution in [2.75, 3.05) is 0 Å². The Morgan fingerprint density at radius 1 is 0.647 bits per heavy atom. The summed E-state index contributed by atoms with van der Waals surface area (Å²) in [5.74, 6) is 0. The molecule has 0 aromatic carbocycles. The molecule has 0 radical (unpaired) electrons. The van der Waals surface area contributed by atoms with E-state index in [9.17, 15) is 0 Å². The second-order valence-electron chi connectivity index (χ2n) is 7.16. The zero-order valence-electron chi connectivity index (χ0n) is 13.3. The van der Waals surface area contributed by atoms with Gasteiger partial charge in [0.05, 0.1) is 0 Å². The predicted molar refractivity (Wildman–Crippen MR) is 79.8 cm³/mol. The van der Waals surface area contributed by atoms with E-state index in [-0.39, 0.29) is 16.2 Å². The normalized spacial score (nSPS) is 13.3. The van der Waals surface area contributed by atoms with E-state index in [1.54, 1.807) is 0 Å². The Kier molecular flexibility index (Phi) is 7.59. The number of rotatable bonds is 2. The van der Waals surface area contributed by atoms with Gasteiger partial charge in [-0.3, -0.25) is 0 Å². The van der Waals surface area contributed by atoms with Crippen LogP contribution in [-0.2, 0) is 8.85 Å². The van der Waals surface area contributed by atoms with E-state index < -0.39 is 9.28 Å². The minimum atomic E-state index is -1.67. The minimum Gasteiger partial charge on any atom is -0.391 e. The smallest absolute Gasteiger partial charge is 0.327 e. The summed E-state index contributed by atoms with van der Waals surface area (Å²) in [6.07, 6.45) is 0. The van der Waals surface area contributed by atoms with Gasteiger partial charge in [0.15, 0.2) is 0 Å². The van der Waals surface area contributed by atoms with E-state index >= 15 is 0 Å². The van der Waals surface area contributed by atoms with Crippen molar-refractivity contribution in [3.63, 3.8) is 0 Å². The van der Waals surface area contributed by atoms with Crippen LogP contribution in [-0.4, -0.2) is 20.5 Å². The molecule has 0 aliphatic carbocycles. The molecule has 0 spiro atoms. The number of hydrogen-bond acceptors (Lipinski definition) is 2. The SMILES string of the molecule is C=C.CC(C)(C)O[SiH](OC(C)(C)C)C(C)(C)C. The van der Waals surface area contributed by atoms with Crippen LogP contribution in [0.1, 0.15) is 62.3 Å². The molecule has 0 bridgehead atoms. The Morgan fingerprint density at radius 2 is 0.882 bits per heavy atom. The van der Waals surface area contributed by atoms with Crippen LogP contribution < -0.4 is 0 Å². The van der Waals surface area contributed by atoms with E-state index in [0.717, 1.165) is 0 Å². The summed E-state index contributed by atoms with van der Waals surface area (Å²) < 4.78 is 12.2. The van der Waals surface area contributed by atoms with Gasteiger partial charge in [-0.1, -0.05) is 20.8 Å². The van der Waals surface area contributed by atoms with Crippen molar-refractivity contribution in [1.82, 2.24) is 0 Å². The van der Waals surface area contributed by atoms with E-state index in [4.69, 9.17) is 8.85 Å². The molecule has 0 rings (SSSR count). The monoisotopic (exact) mass is 260 g/mol. The molecule has 0 aliphatic rings. The van der Waals surface area contributed by atoms with Crippen LogP contribution in [0.25, 0.3) is 0 Å². The highest BCUT2D eigenvalue weighted by Gasteiger charge is 2.36. The van der Waals surface area contributed by atoms with Gasteiger partial charge in [-0.15, -0.1) is 13.2 Å². The molecule has 0 N–H and O–H groups in total. The van der Waals surface area contributed by atoms with Crippen molar-refractivity contribution < 1.29 is 8.85 Å². The van der Waals surface area contributed by atoms with Gasteiger partial charge in [-0.05, 0) is 41.5 Å². The zero-order chi connectivity index (χ0) is 14.5. The molecule has 0 aliphatic heterocycles. The van der Waals surface area contributed by atoms with Crippen molar-refractivity contribution in [3.8, 4) is 0 Å². The van der Waals surface area contributed by atoms with E-state index in [1.165, 1.54) is 0 Å². The highest BCUT2D eigenvalue weighted by atomic mass is 28.3. The van der Waals surface area contributed by atoms with Crippen LogP contribution in [0.15, 0.2) is 13.2 Å². The van der Waals surface area contributed by atoms with Crippen LogP contribution in [0.5, 0.6) is 0 Å². The summed E-state index contributed by atoms with van der Waals surface area (Å²) in [6.45, 7) is 25.1. The largest absolute Gasteiger partial charge is 0.391 e. The fourth-order valence-corrected chi connectivity index (χ4v) is 3.06. The molecule has 3 heteroatoms. The van der Waals surface area contributed by atoms with Crippen LogP contribution >= 0.6 is 0 Å². The van der Waals surface area contributed by atoms with Crippen molar-refractivity contribution in [1.29, 1.82) is 0 Å². The maximum atomic E-state index is 6.09. The Bertz CT molecular complexity index is 190. The lowest BCUT2D eigenvalue weighted by atomic mass is 10.2. The fraction of sp³-hybridized carbons (Fsp3) is 0.857. The highest BCUT2D eigenvalue weighted by molar-refractivity contribution is 6.48. The average Bonchev–Trinajstić information content (AvgIpc) is 1.99. The zero-order valence-corrected chi connectivity index (χ0v) is 14.5. The van der Waals surface area contributed by atoms with Gasteiger partial charge in [0, 0.05) is 16.2 Å². The quantitative estimate of drug-likeness (QED) is 0.540. The van der Waals surface area contributed by atoms with Crippen molar-refractivity contribution in [2.24, 2.45) is 0 Å². The Hall–Kier alpha value is -0.123. The molecule has 0 atom stereocenters. The third-order valence-electron chi connectivity index (χ3n) is 1.63. The van der Waals surface area contributed by atoms with E-state index in [0.29, 0.717) is 0 Å². The van der Waals surface area contributed by atoms with Gasteiger partial charge < -0.3 is 8.85 Å². The van der Waals surface area contributed by atoms with Crippen LogP contribution in [0.4, 0.5) is 0 Å². The van der Waals surface area contributed by atoms with Crippen molar-refractivity contribution in [3.05, 3.63) is 13.2 Å². The maximum absolute atomic E-state index is 6.09. The van der Waals surface area contributed by atoms with E-state index in [2.05, 4.69) is 75.5 Å². The Morgan fingerprint density at radius 3 is 1.00 bits per heavy atom. The molecular weight excluding hydrogens is 228 g/mol. The van der Waals surface area contributed by atoms with E-state index in [1.807, 2.05) is 0 Å². The van der Waals surface area contributed by atoms with Crippen molar-refractivity contribution >= 4 is 9.28 Å². The second kappa shape index (κ2) is 6.71. The summed E-state index contributed by atoms with van der Waals surface area (Å²) in [6, 6.07) is 0. The summed E-state index contributed by atoms with van der Waals surface area (Å²) >= 11 is 0. The lowest BCUT2D eigenvalue weighted by molar-refractivity contribution is 0.0238. The van der Waals surface area contributed by atoms with Gasteiger partial charge in [0.2, 0.25) is 0 Å². The first-order valence-electron chi connectivity index (χ1n) is 6.17. The van der Waals surface area contributed by atoms with Gasteiger partial charge in [-0.25, -0.2) is 0 Å². The highest BCUT2D eigenvalue weighted by Crippen LogP contribution is 2.33. The lowest BCUT2D eigenvalue weighted by Gasteiger charge is -2.38. The first-order chi connectivity index (χ1) is 7.31. The van der Waals surface area contributed by atoms with Gasteiger partial charge in [-0.2, -0.15) is 0 Å². The molecule has 0 saturated heterocycles. The predicted octanol–water partition coefficient (Wildman–Crippen LogP) is 4.44. The van der Waals surface area contributed by atoms with Crippen LogP contribution in [0, 0.1) is 0 Å². The standard InChI is InChI=1S/C12H28O2Si.C2H4/c1-10(2,3)13-15(12(7,8)9)14-11(4,5)6;1-2/h15H,1-9H3;1-2H2. The molecular formula is C14H32O2Si. The second-order valence-corrected chi connectivity index (χ2v) is 10.0. The molecule has 104 valence electrons. The lowest BCUT2D eigenvalue weighted by Crippen LogP contribution is -2.44. The third-order valence-corrected chi connectivity index (χ3v) is 4.88.